The summed E-state index contributed by atoms with van der Waals surface area (Å²) < 4.78 is 21.5. The Hall–Kier alpha value is -3.50. The number of aromatic nitrogens is 3. The topological polar surface area (TPSA) is 118 Å². The number of carbonyl (C=O) groups is 3. The van der Waals surface area contributed by atoms with Gasteiger partial charge in [-0.3, -0.25) is 14.4 Å². The first-order chi connectivity index (χ1) is 18.8. The number of nitrogens with one attached hydrogen (secondary N) is 2. The molecule has 2 N–H and O–H groups in total. The van der Waals surface area contributed by atoms with Gasteiger partial charge < -0.3 is 20.3 Å². The predicted molar refractivity (Wildman–Crippen MR) is 142 cm³/mol. The van der Waals surface area contributed by atoms with Crippen LogP contribution in [-0.4, -0.2) is 69.9 Å². The first-order valence-corrected chi connectivity index (χ1v) is 14.0. The molecule has 0 spiro atoms. The third kappa shape index (κ3) is 8.24. The summed E-state index contributed by atoms with van der Waals surface area (Å²) >= 11 is 0. The SMILES string of the molecule is CC(C)C[C@H]1NC(=O)c2cc(F)ccc2OCCn2cc(nn2)CCN(C(=O)CCC2CCC2)CCNC1=O. The first-order valence-electron chi connectivity index (χ1n) is 14.0. The highest BCUT2D eigenvalue weighted by Crippen LogP contribution is 2.30. The van der Waals surface area contributed by atoms with Gasteiger partial charge in [-0.2, -0.15) is 0 Å². The molecule has 2 aromatic rings. The standard InChI is InChI=1S/C28H39FN6O4/c1-19(2)16-24-28(38)30-11-13-34(26(36)9-6-20-4-3-5-20)12-10-22-18-35(33-32-22)14-15-39-25-8-7-21(29)17-23(25)27(37)31-24/h7-8,17-20,24H,3-6,9-16H2,1-2H3,(H,30,38)(H,31,37)/t24-/m1/s1. The van der Waals surface area contributed by atoms with Gasteiger partial charge in [0.25, 0.3) is 5.91 Å². The molecule has 212 valence electrons. The van der Waals surface area contributed by atoms with Crippen LogP contribution < -0.4 is 15.4 Å². The lowest BCUT2D eigenvalue weighted by Gasteiger charge is -2.28. The molecule has 1 atom stereocenters. The fraction of sp³-hybridized carbons (Fsp3) is 0.607. The van der Waals surface area contributed by atoms with Crippen LogP contribution >= 0.6 is 0 Å². The summed E-state index contributed by atoms with van der Waals surface area (Å²) in [5, 5.41) is 14.0. The van der Waals surface area contributed by atoms with Gasteiger partial charge in [0.05, 0.1) is 17.8 Å². The fourth-order valence-electron chi connectivity index (χ4n) is 4.87. The van der Waals surface area contributed by atoms with E-state index >= 15 is 0 Å². The van der Waals surface area contributed by atoms with E-state index in [2.05, 4.69) is 20.9 Å². The third-order valence-electron chi connectivity index (χ3n) is 7.34. The van der Waals surface area contributed by atoms with Crippen molar-refractivity contribution in [2.75, 3.05) is 26.2 Å². The highest BCUT2D eigenvalue weighted by atomic mass is 19.1. The number of hydrogen-bond acceptors (Lipinski definition) is 6. The molecule has 0 radical (unpaired) electrons. The monoisotopic (exact) mass is 542 g/mol. The van der Waals surface area contributed by atoms with Gasteiger partial charge in [0.15, 0.2) is 0 Å². The zero-order valence-electron chi connectivity index (χ0n) is 22.8. The second-order valence-electron chi connectivity index (χ2n) is 10.9. The summed E-state index contributed by atoms with van der Waals surface area (Å²) in [6.45, 7) is 5.54. The zero-order valence-corrected chi connectivity index (χ0v) is 22.8. The number of benzene rings is 1. The smallest absolute Gasteiger partial charge is 0.255 e. The average Bonchev–Trinajstić information content (AvgIpc) is 3.32. The van der Waals surface area contributed by atoms with Crippen LogP contribution in [0.2, 0.25) is 0 Å². The van der Waals surface area contributed by atoms with Crippen molar-refractivity contribution in [1.29, 1.82) is 0 Å². The van der Waals surface area contributed by atoms with Crippen LogP contribution in [0.4, 0.5) is 4.39 Å². The molecule has 2 aliphatic rings. The van der Waals surface area contributed by atoms with Gasteiger partial charge in [-0.05, 0) is 42.9 Å². The molecule has 1 aliphatic carbocycles. The molecule has 0 saturated heterocycles. The normalized spacial score (nSPS) is 19.7. The molecule has 11 heteroatoms. The van der Waals surface area contributed by atoms with E-state index in [9.17, 15) is 18.8 Å². The number of hydrogen-bond donors (Lipinski definition) is 2. The van der Waals surface area contributed by atoms with Crippen LogP contribution in [0.25, 0.3) is 0 Å². The molecule has 10 nitrogen and oxygen atoms in total. The molecule has 0 unspecified atom stereocenters. The number of amides is 3. The minimum atomic E-state index is -0.819. The van der Waals surface area contributed by atoms with Gasteiger partial charge in [-0.15, -0.1) is 5.10 Å². The van der Waals surface area contributed by atoms with Gasteiger partial charge in [-0.25, -0.2) is 9.07 Å². The van der Waals surface area contributed by atoms with E-state index in [4.69, 9.17) is 4.74 Å². The lowest BCUT2D eigenvalue weighted by atomic mass is 9.82. The number of carbonyl (C=O) groups excluding carboxylic acids is 3. The molecule has 3 amide bonds. The van der Waals surface area contributed by atoms with Crippen molar-refractivity contribution in [3.63, 3.8) is 0 Å². The summed E-state index contributed by atoms with van der Waals surface area (Å²) in [6.07, 6.45) is 7.75. The molecular weight excluding hydrogens is 503 g/mol. The fourth-order valence-corrected chi connectivity index (χ4v) is 4.87. The molecule has 1 aromatic heterocycles. The zero-order chi connectivity index (χ0) is 27.8. The van der Waals surface area contributed by atoms with Gasteiger partial charge in [-0.1, -0.05) is 38.3 Å². The van der Waals surface area contributed by atoms with Crippen LogP contribution in [0, 0.1) is 17.7 Å². The summed E-state index contributed by atoms with van der Waals surface area (Å²) in [6, 6.07) is 2.92. The number of ether oxygens (including phenoxy) is 1. The van der Waals surface area contributed by atoms with Gasteiger partial charge in [0.2, 0.25) is 11.8 Å². The van der Waals surface area contributed by atoms with E-state index in [1.807, 2.05) is 13.8 Å². The maximum absolute atomic E-state index is 14.1. The molecule has 1 aromatic carbocycles. The highest BCUT2D eigenvalue weighted by Gasteiger charge is 2.26. The van der Waals surface area contributed by atoms with Gasteiger partial charge in [0.1, 0.15) is 24.2 Å². The summed E-state index contributed by atoms with van der Waals surface area (Å²) in [4.78, 5) is 41.2. The van der Waals surface area contributed by atoms with Crippen molar-refractivity contribution in [2.45, 2.75) is 71.4 Å². The minimum Gasteiger partial charge on any atom is -0.491 e. The summed E-state index contributed by atoms with van der Waals surface area (Å²) in [5.41, 5.74) is 0.760. The Labute approximate surface area is 228 Å². The van der Waals surface area contributed by atoms with Gasteiger partial charge in [0, 0.05) is 38.7 Å². The first kappa shape index (κ1) is 28.5. The van der Waals surface area contributed by atoms with E-state index in [0.29, 0.717) is 44.8 Å². The van der Waals surface area contributed by atoms with E-state index < -0.39 is 17.8 Å². The Bertz CT molecular complexity index is 1150. The second kappa shape index (κ2) is 13.5. The second-order valence-corrected chi connectivity index (χ2v) is 10.9. The third-order valence-corrected chi connectivity index (χ3v) is 7.34. The van der Waals surface area contributed by atoms with Crippen LogP contribution in [0.15, 0.2) is 24.4 Å². The van der Waals surface area contributed by atoms with Crippen molar-refractivity contribution in [3.8, 4) is 5.75 Å². The Balaban J connectivity index is 1.52. The van der Waals surface area contributed by atoms with E-state index in [0.717, 1.165) is 18.2 Å². The minimum absolute atomic E-state index is 0.0141. The predicted octanol–water partition coefficient (Wildman–Crippen LogP) is 2.72. The Morgan fingerprint density at radius 2 is 2.03 bits per heavy atom. The lowest BCUT2D eigenvalue weighted by Crippen LogP contribution is -2.49. The number of fused-ring (bicyclic) bond motifs is 3. The average molecular weight is 543 g/mol. The largest absolute Gasteiger partial charge is 0.491 e. The molecule has 2 heterocycles. The van der Waals surface area contributed by atoms with Crippen molar-refractivity contribution in [2.24, 2.45) is 11.8 Å². The van der Waals surface area contributed by atoms with Crippen LogP contribution in [0.1, 0.15) is 68.4 Å². The molecule has 2 bridgehead atoms. The summed E-state index contributed by atoms with van der Waals surface area (Å²) in [7, 11) is 0. The number of nitrogens with zero attached hydrogens (tertiary/aromatic N) is 4. The van der Waals surface area contributed by atoms with E-state index in [-0.39, 0.29) is 42.2 Å². The van der Waals surface area contributed by atoms with E-state index in [1.165, 1.54) is 31.4 Å². The van der Waals surface area contributed by atoms with Crippen molar-refractivity contribution < 1.29 is 23.5 Å². The molecule has 4 rings (SSSR count). The molecular formula is C28H39FN6O4. The maximum Gasteiger partial charge on any atom is 0.255 e. The summed E-state index contributed by atoms with van der Waals surface area (Å²) in [5.74, 6) is -0.481. The van der Waals surface area contributed by atoms with Crippen LogP contribution in [0.3, 0.4) is 0 Å². The van der Waals surface area contributed by atoms with Gasteiger partial charge >= 0.3 is 0 Å². The van der Waals surface area contributed by atoms with Crippen LogP contribution in [-0.2, 0) is 22.6 Å². The highest BCUT2D eigenvalue weighted by molar-refractivity contribution is 5.99. The van der Waals surface area contributed by atoms with Crippen molar-refractivity contribution in [3.05, 3.63) is 41.5 Å². The van der Waals surface area contributed by atoms with Crippen molar-refractivity contribution in [1.82, 2.24) is 30.5 Å². The Morgan fingerprint density at radius 3 is 2.77 bits per heavy atom. The Kier molecular flexibility index (Phi) is 9.89. The Morgan fingerprint density at radius 1 is 1.21 bits per heavy atom. The molecule has 1 aliphatic heterocycles. The number of rotatable bonds is 5. The molecule has 1 saturated carbocycles. The number of halogens is 1. The molecule has 39 heavy (non-hydrogen) atoms. The quantitative estimate of drug-likeness (QED) is 0.600. The van der Waals surface area contributed by atoms with E-state index in [1.54, 1.807) is 15.8 Å². The molecule has 1 fully saturated rings. The van der Waals surface area contributed by atoms with Crippen molar-refractivity contribution >= 4 is 17.7 Å². The van der Waals surface area contributed by atoms with Crippen LogP contribution in [0.5, 0.6) is 5.75 Å². The maximum atomic E-state index is 14.1. The lowest BCUT2D eigenvalue weighted by molar-refractivity contribution is -0.132.